The van der Waals surface area contributed by atoms with Crippen molar-refractivity contribution in [2.75, 3.05) is 19.7 Å². The van der Waals surface area contributed by atoms with Crippen molar-refractivity contribution in [1.82, 2.24) is 5.32 Å². The number of benzene rings is 1. The van der Waals surface area contributed by atoms with Gasteiger partial charge in [-0.2, -0.15) is 0 Å². The highest BCUT2D eigenvalue weighted by atomic mass is 16.5. The molecule has 0 saturated heterocycles. The Labute approximate surface area is 119 Å². The molecule has 0 amide bonds. The van der Waals surface area contributed by atoms with Crippen molar-refractivity contribution < 1.29 is 14.3 Å². The maximum Gasteiger partial charge on any atom is 0.105 e. The van der Waals surface area contributed by atoms with Crippen LogP contribution < -0.4 is 5.32 Å². The fourth-order valence-electron chi connectivity index (χ4n) is 1.88. The lowest BCUT2D eigenvalue weighted by molar-refractivity contribution is 0.0290. The van der Waals surface area contributed by atoms with Crippen molar-refractivity contribution in [3.63, 3.8) is 0 Å². The number of nitrogens with one attached hydrogen (secondary N) is 1. The van der Waals surface area contributed by atoms with Gasteiger partial charge in [-0.15, -0.1) is 0 Å². The predicted octanol–water partition coefficient (Wildman–Crippen LogP) is 1.99. The van der Waals surface area contributed by atoms with Crippen LogP contribution in [0.5, 0.6) is 0 Å². The molecular weight excluding hydrogens is 254 g/mol. The lowest BCUT2D eigenvalue weighted by Crippen LogP contribution is -2.31. The van der Waals surface area contributed by atoms with Crippen LogP contribution in [0, 0.1) is 0 Å². The van der Waals surface area contributed by atoms with Crippen LogP contribution in [0.1, 0.15) is 11.3 Å². The number of aliphatic hydroxyl groups excluding tert-OH is 1. The molecule has 20 heavy (non-hydrogen) atoms. The Morgan fingerprint density at radius 3 is 2.75 bits per heavy atom. The highest BCUT2D eigenvalue weighted by Crippen LogP contribution is 2.01. The molecule has 1 unspecified atom stereocenters. The standard InChI is InChI=1S/C16H21NO3/c18-15(11-17-9-8-16-7-4-10-20-16)13-19-12-14-5-2-1-3-6-14/h1-7,10,15,17-18H,8-9,11-13H2. The van der Waals surface area contributed by atoms with Crippen LogP contribution in [0.4, 0.5) is 0 Å². The fourth-order valence-corrected chi connectivity index (χ4v) is 1.88. The van der Waals surface area contributed by atoms with Gasteiger partial charge in [-0.05, 0) is 17.7 Å². The first-order valence-electron chi connectivity index (χ1n) is 6.87. The van der Waals surface area contributed by atoms with Crippen LogP contribution in [0.15, 0.2) is 53.1 Å². The third kappa shape index (κ3) is 5.57. The molecule has 1 aromatic heterocycles. The Morgan fingerprint density at radius 2 is 2.00 bits per heavy atom. The smallest absolute Gasteiger partial charge is 0.105 e. The van der Waals surface area contributed by atoms with Gasteiger partial charge in [-0.1, -0.05) is 30.3 Å². The first kappa shape index (κ1) is 14.8. The van der Waals surface area contributed by atoms with Crippen LogP contribution in [0.3, 0.4) is 0 Å². The summed E-state index contributed by atoms with van der Waals surface area (Å²) in [6, 6.07) is 13.8. The zero-order chi connectivity index (χ0) is 14.0. The largest absolute Gasteiger partial charge is 0.469 e. The minimum atomic E-state index is -0.490. The number of hydrogen-bond acceptors (Lipinski definition) is 4. The minimum Gasteiger partial charge on any atom is -0.469 e. The number of hydrogen-bond donors (Lipinski definition) is 2. The molecule has 1 atom stereocenters. The van der Waals surface area contributed by atoms with Crippen LogP contribution in [0.25, 0.3) is 0 Å². The second-order valence-corrected chi connectivity index (χ2v) is 4.69. The Bertz CT molecular complexity index is 456. The van der Waals surface area contributed by atoms with E-state index in [4.69, 9.17) is 9.15 Å². The van der Waals surface area contributed by atoms with E-state index in [9.17, 15) is 5.11 Å². The molecule has 1 heterocycles. The van der Waals surface area contributed by atoms with Crippen molar-refractivity contribution in [2.24, 2.45) is 0 Å². The fraction of sp³-hybridized carbons (Fsp3) is 0.375. The summed E-state index contributed by atoms with van der Waals surface area (Å²) >= 11 is 0. The molecule has 2 rings (SSSR count). The van der Waals surface area contributed by atoms with Crippen LogP contribution in [-0.4, -0.2) is 30.9 Å². The highest BCUT2D eigenvalue weighted by molar-refractivity contribution is 5.13. The SMILES string of the molecule is OC(CNCCc1ccco1)COCc1ccccc1. The molecule has 4 heteroatoms. The van der Waals surface area contributed by atoms with Gasteiger partial charge >= 0.3 is 0 Å². The van der Waals surface area contributed by atoms with E-state index in [1.807, 2.05) is 42.5 Å². The third-order valence-electron chi connectivity index (χ3n) is 2.93. The Kier molecular flexibility index (Phi) is 6.31. The summed E-state index contributed by atoms with van der Waals surface area (Å²) in [5, 5.41) is 13.0. The average molecular weight is 275 g/mol. The van der Waals surface area contributed by atoms with Crippen molar-refractivity contribution in [2.45, 2.75) is 19.1 Å². The van der Waals surface area contributed by atoms with Gasteiger partial charge < -0.3 is 19.6 Å². The van der Waals surface area contributed by atoms with Crippen LogP contribution in [0.2, 0.25) is 0 Å². The molecule has 0 bridgehead atoms. The van der Waals surface area contributed by atoms with E-state index in [0.29, 0.717) is 19.8 Å². The Hall–Kier alpha value is -1.62. The van der Waals surface area contributed by atoms with Crippen molar-refractivity contribution in [3.8, 4) is 0 Å². The Morgan fingerprint density at radius 1 is 1.15 bits per heavy atom. The van der Waals surface area contributed by atoms with Gasteiger partial charge in [-0.25, -0.2) is 0 Å². The molecular formula is C16H21NO3. The third-order valence-corrected chi connectivity index (χ3v) is 2.93. The maximum atomic E-state index is 9.77. The van der Waals surface area contributed by atoms with Gasteiger partial charge in [0.25, 0.3) is 0 Å². The van der Waals surface area contributed by atoms with E-state index in [1.54, 1.807) is 6.26 Å². The van der Waals surface area contributed by atoms with Crippen molar-refractivity contribution in [3.05, 3.63) is 60.1 Å². The zero-order valence-corrected chi connectivity index (χ0v) is 11.5. The summed E-state index contributed by atoms with van der Waals surface area (Å²) in [4.78, 5) is 0. The van der Waals surface area contributed by atoms with Crippen LogP contribution in [-0.2, 0) is 17.8 Å². The molecule has 1 aromatic carbocycles. The molecule has 0 radical (unpaired) electrons. The molecule has 2 aromatic rings. The van der Waals surface area contributed by atoms with Crippen molar-refractivity contribution in [1.29, 1.82) is 0 Å². The van der Waals surface area contributed by atoms with E-state index in [1.165, 1.54) is 0 Å². The highest BCUT2D eigenvalue weighted by Gasteiger charge is 2.04. The molecule has 0 spiro atoms. The predicted molar refractivity (Wildman–Crippen MR) is 77.4 cm³/mol. The van der Waals surface area contributed by atoms with Gasteiger partial charge in [0.05, 0.1) is 25.6 Å². The number of ether oxygens (including phenoxy) is 1. The maximum absolute atomic E-state index is 9.77. The summed E-state index contributed by atoms with van der Waals surface area (Å²) in [5.41, 5.74) is 1.12. The summed E-state index contributed by atoms with van der Waals surface area (Å²) in [5.74, 6) is 0.951. The molecule has 0 aliphatic carbocycles. The molecule has 0 fully saturated rings. The minimum absolute atomic E-state index is 0.336. The monoisotopic (exact) mass is 275 g/mol. The first-order valence-corrected chi connectivity index (χ1v) is 6.87. The second kappa shape index (κ2) is 8.53. The average Bonchev–Trinajstić information content (AvgIpc) is 2.98. The lowest BCUT2D eigenvalue weighted by atomic mass is 10.2. The summed E-state index contributed by atoms with van der Waals surface area (Å²) in [6.45, 7) is 2.17. The lowest BCUT2D eigenvalue weighted by Gasteiger charge is -2.12. The van der Waals surface area contributed by atoms with E-state index in [2.05, 4.69) is 5.32 Å². The summed E-state index contributed by atoms with van der Waals surface area (Å²) in [7, 11) is 0. The van der Waals surface area contributed by atoms with E-state index in [0.717, 1.165) is 24.3 Å². The van der Waals surface area contributed by atoms with Gasteiger partial charge in [0, 0.05) is 19.5 Å². The summed E-state index contributed by atoms with van der Waals surface area (Å²) in [6.07, 6.45) is 2.00. The molecule has 4 nitrogen and oxygen atoms in total. The number of aliphatic hydroxyl groups is 1. The number of furan rings is 1. The van der Waals surface area contributed by atoms with Gasteiger partial charge in [0.1, 0.15) is 5.76 Å². The Balaban J connectivity index is 1.51. The van der Waals surface area contributed by atoms with Gasteiger partial charge in [0.15, 0.2) is 0 Å². The van der Waals surface area contributed by atoms with Gasteiger partial charge in [0.2, 0.25) is 0 Å². The summed E-state index contributed by atoms with van der Waals surface area (Å²) < 4.78 is 10.7. The number of rotatable bonds is 9. The normalized spacial score (nSPS) is 12.4. The van der Waals surface area contributed by atoms with Crippen LogP contribution >= 0.6 is 0 Å². The van der Waals surface area contributed by atoms with Crippen molar-refractivity contribution >= 4 is 0 Å². The zero-order valence-electron chi connectivity index (χ0n) is 11.5. The quantitative estimate of drug-likeness (QED) is 0.687. The van der Waals surface area contributed by atoms with E-state index >= 15 is 0 Å². The topological polar surface area (TPSA) is 54.6 Å². The molecule has 0 aliphatic heterocycles. The molecule has 0 saturated carbocycles. The van der Waals surface area contributed by atoms with E-state index in [-0.39, 0.29) is 0 Å². The van der Waals surface area contributed by atoms with E-state index < -0.39 is 6.10 Å². The van der Waals surface area contributed by atoms with Gasteiger partial charge in [-0.3, -0.25) is 0 Å². The second-order valence-electron chi connectivity index (χ2n) is 4.69. The first-order chi connectivity index (χ1) is 9.84. The molecule has 2 N–H and O–H groups in total. The molecule has 0 aliphatic rings. The molecule has 108 valence electrons.